The van der Waals surface area contributed by atoms with Crippen LogP contribution in [-0.2, 0) is 9.47 Å². The second-order valence-electron chi connectivity index (χ2n) is 8.03. The minimum Gasteiger partial charge on any atom is -0.461 e. The van der Waals surface area contributed by atoms with E-state index in [9.17, 15) is 14.7 Å². The van der Waals surface area contributed by atoms with E-state index in [2.05, 4.69) is 4.98 Å². The molecule has 1 unspecified atom stereocenters. The molecule has 0 aliphatic rings. The van der Waals surface area contributed by atoms with Gasteiger partial charge >= 0.3 is 12.1 Å². The van der Waals surface area contributed by atoms with Crippen molar-refractivity contribution < 1.29 is 24.2 Å². The molecule has 0 aromatic carbocycles. The van der Waals surface area contributed by atoms with Crippen LogP contribution < -0.4 is 0 Å². The number of rotatable bonds is 9. The van der Waals surface area contributed by atoms with Crippen molar-refractivity contribution in [2.75, 3.05) is 13.2 Å². The topological polar surface area (TPSA) is 89.0 Å². The van der Waals surface area contributed by atoms with Gasteiger partial charge in [0.25, 0.3) is 0 Å². The Morgan fingerprint density at radius 1 is 1.29 bits per heavy atom. The first kappa shape index (κ1) is 24.4. The van der Waals surface area contributed by atoms with Crippen molar-refractivity contribution >= 4 is 23.4 Å². The molecular weight excluding hydrogens is 380 g/mol. The van der Waals surface area contributed by atoms with Gasteiger partial charge in [-0.25, -0.2) is 14.6 Å². The number of thiazole rings is 1. The van der Waals surface area contributed by atoms with Crippen LogP contribution in [0.25, 0.3) is 0 Å². The summed E-state index contributed by atoms with van der Waals surface area (Å²) in [5.41, 5.74) is -0.396. The summed E-state index contributed by atoms with van der Waals surface area (Å²) in [4.78, 5) is 30.4. The van der Waals surface area contributed by atoms with Crippen LogP contribution in [0.2, 0.25) is 0 Å². The number of aliphatic hydroxyl groups is 1. The smallest absolute Gasteiger partial charge is 0.410 e. The zero-order valence-electron chi connectivity index (χ0n) is 18.0. The van der Waals surface area contributed by atoms with Gasteiger partial charge in [-0.05, 0) is 40.0 Å². The Balaban J connectivity index is 2.97. The Kier molecular flexibility index (Phi) is 9.36. The molecule has 0 aliphatic carbocycles. The Morgan fingerprint density at radius 2 is 1.93 bits per heavy atom. The molecule has 28 heavy (non-hydrogen) atoms. The molecule has 0 fully saturated rings. The molecule has 1 aromatic heterocycles. The number of nitrogens with zero attached hydrogens (tertiary/aromatic N) is 2. The lowest BCUT2D eigenvalue weighted by molar-refractivity contribution is 0.00305. The monoisotopic (exact) mass is 414 g/mol. The third kappa shape index (κ3) is 7.39. The van der Waals surface area contributed by atoms with Crippen molar-refractivity contribution in [3.8, 4) is 0 Å². The van der Waals surface area contributed by atoms with Crippen LogP contribution >= 0.6 is 11.3 Å². The van der Waals surface area contributed by atoms with Gasteiger partial charge in [-0.3, -0.25) is 0 Å². The molecule has 1 heterocycles. The predicted molar refractivity (Wildman–Crippen MR) is 110 cm³/mol. The second-order valence-corrected chi connectivity index (χ2v) is 8.92. The van der Waals surface area contributed by atoms with Crippen molar-refractivity contribution in [3.63, 3.8) is 0 Å². The zero-order valence-corrected chi connectivity index (χ0v) is 18.8. The third-order valence-electron chi connectivity index (χ3n) is 4.02. The van der Waals surface area contributed by atoms with Crippen molar-refractivity contribution in [3.05, 3.63) is 16.1 Å². The molecule has 160 valence electrons. The number of esters is 1. The summed E-state index contributed by atoms with van der Waals surface area (Å²) in [5, 5.41) is 12.7. The molecule has 2 atom stereocenters. The first-order valence-electron chi connectivity index (χ1n) is 9.80. The molecule has 0 saturated carbocycles. The SMILES string of the molecule is CCCN(C(=O)OC(C)(C)C)C(C[C@H](O)c1nc(C(=O)OCC)cs1)C(C)C. The Bertz CT molecular complexity index is 639. The second kappa shape index (κ2) is 10.8. The number of hydrogen-bond donors (Lipinski definition) is 1. The highest BCUT2D eigenvalue weighted by Crippen LogP contribution is 2.28. The van der Waals surface area contributed by atoms with Gasteiger partial charge < -0.3 is 19.5 Å². The summed E-state index contributed by atoms with van der Waals surface area (Å²) in [6.07, 6.45) is -0.177. The van der Waals surface area contributed by atoms with Gasteiger partial charge in [-0.1, -0.05) is 20.8 Å². The fourth-order valence-electron chi connectivity index (χ4n) is 2.78. The molecule has 0 spiro atoms. The molecular formula is C20H34N2O5S. The molecule has 1 rings (SSSR count). The maximum atomic E-state index is 12.7. The lowest BCUT2D eigenvalue weighted by atomic mass is 9.96. The summed E-state index contributed by atoms with van der Waals surface area (Å²) in [6.45, 7) is 14.1. The van der Waals surface area contributed by atoms with Gasteiger partial charge in [0.1, 0.15) is 16.7 Å². The number of aliphatic hydroxyl groups excluding tert-OH is 1. The molecule has 0 aliphatic heterocycles. The Labute approximate surface area is 172 Å². The quantitative estimate of drug-likeness (QED) is 0.602. The highest BCUT2D eigenvalue weighted by Gasteiger charge is 2.32. The number of amides is 1. The maximum absolute atomic E-state index is 12.7. The van der Waals surface area contributed by atoms with E-state index in [1.54, 1.807) is 17.2 Å². The summed E-state index contributed by atoms with van der Waals surface area (Å²) >= 11 is 1.21. The van der Waals surface area contributed by atoms with Crippen LogP contribution in [0.4, 0.5) is 4.79 Å². The average Bonchev–Trinajstić information content (AvgIpc) is 3.06. The fourth-order valence-corrected chi connectivity index (χ4v) is 3.57. The molecule has 1 N–H and O–H groups in total. The molecule has 1 aromatic rings. The van der Waals surface area contributed by atoms with Crippen molar-refractivity contribution in [2.24, 2.45) is 5.92 Å². The molecule has 0 bridgehead atoms. The van der Waals surface area contributed by atoms with E-state index in [0.29, 0.717) is 18.0 Å². The lowest BCUT2D eigenvalue weighted by Gasteiger charge is -2.36. The number of aromatic nitrogens is 1. The van der Waals surface area contributed by atoms with E-state index >= 15 is 0 Å². The Hall–Kier alpha value is -1.67. The van der Waals surface area contributed by atoms with Crippen LogP contribution in [0.5, 0.6) is 0 Å². The normalized spacial score (nSPS) is 13.9. The minimum absolute atomic E-state index is 0.109. The largest absolute Gasteiger partial charge is 0.461 e. The molecule has 0 radical (unpaired) electrons. The van der Waals surface area contributed by atoms with Gasteiger partial charge in [0.2, 0.25) is 0 Å². The highest BCUT2D eigenvalue weighted by molar-refractivity contribution is 7.09. The van der Waals surface area contributed by atoms with Gasteiger partial charge in [-0.2, -0.15) is 0 Å². The van der Waals surface area contributed by atoms with Crippen LogP contribution in [0, 0.1) is 5.92 Å². The number of carbonyl (C=O) groups excluding carboxylic acids is 2. The van der Waals surface area contributed by atoms with Crippen molar-refractivity contribution in [1.82, 2.24) is 9.88 Å². The van der Waals surface area contributed by atoms with Crippen molar-refractivity contribution in [1.29, 1.82) is 0 Å². The standard InChI is InChI=1S/C20H34N2O5S/c1-8-10-22(19(25)27-20(5,6)7)15(13(3)4)11-16(23)17-21-14(12-28-17)18(24)26-9-2/h12-13,15-16,23H,8-11H2,1-7H3/t15?,16-/m0/s1. The van der Waals surface area contributed by atoms with E-state index < -0.39 is 17.7 Å². The van der Waals surface area contributed by atoms with Crippen molar-refractivity contribution in [2.45, 2.75) is 79.1 Å². The molecule has 7 nitrogen and oxygen atoms in total. The van der Waals surface area contributed by atoms with Gasteiger partial charge in [0.15, 0.2) is 5.69 Å². The summed E-state index contributed by atoms with van der Waals surface area (Å²) in [6, 6.07) is -0.222. The van der Waals surface area contributed by atoms with Crippen LogP contribution in [0.15, 0.2) is 5.38 Å². The molecule has 1 amide bonds. The Morgan fingerprint density at radius 3 is 2.43 bits per heavy atom. The predicted octanol–water partition coefficient (Wildman–Crippen LogP) is 4.42. The third-order valence-corrected chi connectivity index (χ3v) is 4.96. The minimum atomic E-state index is -0.887. The van der Waals surface area contributed by atoms with Crippen LogP contribution in [-0.4, -0.2) is 51.8 Å². The number of carbonyl (C=O) groups is 2. The van der Waals surface area contributed by atoms with Crippen LogP contribution in [0.3, 0.4) is 0 Å². The summed E-state index contributed by atoms with van der Waals surface area (Å²) in [5.74, 6) is -0.391. The fraction of sp³-hybridized carbons (Fsp3) is 0.750. The van der Waals surface area contributed by atoms with E-state index in [1.165, 1.54) is 11.3 Å². The first-order chi connectivity index (χ1) is 13.0. The zero-order chi connectivity index (χ0) is 21.5. The van der Waals surface area contributed by atoms with E-state index in [4.69, 9.17) is 9.47 Å². The van der Waals surface area contributed by atoms with Gasteiger partial charge in [0, 0.05) is 24.4 Å². The van der Waals surface area contributed by atoms with Crippen LogP contribution in [0.1, 0.15) is 82.9 Å². The molecule has 8 heteroatoms. The summed E-state index contributed by atoms with van der Waals surface area (Å²) < 4.78 is 10.5. The van der Waals surface area contributed by atoms with E-state index in [-0.39, 0.29) is 30.4 Å². The van der Waals surface area contributed by atoms with E-state index in [0.717, 1.165) is 6.42 Å². The first-order valence-corrected chi connectivity index (χ1v) is 10.7. The summed E-state index contributed by atoms with van der Waals surface area (Å²) in [7, 11) is 0. The van der Waals surface area contributed by atoms with E-state index in [1.807, 2.05) is 41.5 Å². The maximum Gasteiger partial charge on any atom is 0.410 e. The van der Waals surface area contributed by atoms with Gasteiger partial charge in [0.05, 0.1) is 6.61 Å². The lowest BCUT2D eigenvalue weighted by Crippen LogP contribution is -2.46. The highest BCUT2D eigenvalue weighted by atomic mass is 32.1. The molecule has 0 saturated heterocycles. The average molecular weight is 415 g/mol. The number of hydrogen-bond acceptors (Lipinski definition) is 7. The number of ether oxygens (including phenoxy) is 2. The van der Waals surface area contributed by atoms with Gasteiger partial charge in [-0.15, -0.1) is 11.3 Å².